The summed E-state index contributed by atoms with van der Waals surface area (Å²) in [5, 5.41) is 30.0. The smallest absolute Gasteiger partial charge is 0.307 e. The standard InChI is InChI=1S/C24H28N4O6.C2H6/c1-14-11-16(6-3-8-18(14)22(25)26)27-23(32)20(31)21-24(33)28(9-4-10-34-21)17-7-2-5-15(12-17)13-19(29)30;1-2/h2,5-8,11-12,20-21,31H,3-4,9-10,13H2,1H3,(H3,25,26)(H,27,32)(H,29,30);1-2H3/t20-,21-;/m1./s1. The monoisotopic (exact) mass is 498 g/mol. The molecule has 1 fully saturated rings. The van der Waals surface area contributed by atoms with Crippen molar-refractivity contribution in [3.63, 3.8) is 0 Å². The van der Waals surface area contributed by atoms with Crippen LogP contribution >= 0.6 is 0 Å². The van der Waals surface area contributed by atoms with Crippen molar-refractivity contribution < 1.29 is 29.3 Å². The maximum Gasteiger partial charge on any atom is 0.307 e. The highest BCUT2D eigenvalue weighted by atomic mass is 16.5. The van der Waals surface area contributed by atoms with Crippen molar-refractivity contribution in [3.8, 4) is 0 Å². The van der Waals surface area contributed by atoms with E-state index in [1.165, 1.54) is 4.90 Å². The Labute approximate surface area is 210 Å². The zero-order chi connectivity index (χ0) is 26.8. The Kier molecular flexibility index (Phi) is 10.6. The Hall–Kier alpha value is -3.76. The lowest BCUT2D eigenvalue weighted by molar-refractivity contribution is -0.147. The van der Waals surface area contributed by atoms with E-state index >= 15 is 0 Å². The van der Waals surface area contributed by atoms with Crippen molar-refractivity contribution >= 4 is 29.3 Å². The number of nitrogens with zero attached hydrogens (tertiary/aromatic N) is 1. The number of hydrogen-bond acceptors (Lipinski definition) is 6. The average molecular weight is 499 g/mol. The zero-order valence-corrected chi connectivity index (χ0v) is 20.8. The molecule has 1 aromatic carbocycles. The quantitative estimate of drug-likeness (QED) is 0.283. The van der Waals surface area contributed by atoms with Gasteiger partial charge in [0.05, 0.1) is 6.42 Å². The van der Waals surface area contributed by atoms with E-state index in [9.17, 15) is 19.5 Å². The van der Waals surface area contributed by atoms with Crippen molar-refractivity contribution in [1.29, 1.82) is 5.41 Å². The minimum absolute atomic E-state index is 0.0836. The fraction of sp³-hybridized carbons (Fsp3) is 0.385. The fourth-order valence-corrected chi connectivity index (χ4v) is 3.86. The van der Waals surface area contributed by atoms with Crippen LogP contribution in [-0.4, -0.2) is 59.2 Å². The third-order valence-corrected chi connectivity index (χ3v) is 5.48. The van der Waals surface area contributed by atoms with Crippen LogP contribution in [-0.2, 0) is 25.5 Å². The third kappa shape index (κ3) is 7.37. The lowest BCUT2D eigenvalue weighted by Crippen LogP contribution is -2.50. The molecule has 0 radical (unpaired) electrons. The van der Waals surface area contributed by atoms with Crippen LogP contribution in [0.1, 0.15) is 39.2 Å². The first-order chi connectivity index (χ1) is 17.2. The van der Waals surface area contributed by atoms with Crippen molar-refractivity contribution in [2.75, 3.05) is 18.1 Å². The predicted octanol–water partition coefficient (Wildman–Crippen LogP) is 2.04. The minimum atomic E-state index is -1.77. The zero-order valence-electron chi connectivity index (χ0n) is 20.8. The number of amides is 2. The summed E-state index contributed by atoms with van der Waals surface area (Å²) in [6, 6.07) is 6.58. The van der Waals surface area contributed by atoms with Gasteiger partial charge in [-0.1, -0.05) is 38.1 Å². The predicted molar refractivity (Wildman–Crippen MR) is 136 cm³/mol. The molecule has 10 heteroatoms. The summed E-state index contributed by atoms with van der Waals surface area (Å²) in [6.07, 6.45) is 2.63. The van der Waals surface area contributed by atoms with E-state index < -0.39 is 30.0 Å². The topological polar surface area (TPSA) is 166 Å². The van der Waals surface area contributed by atoms with Gasteiger partial charge in [0.2, 0.25) is 0 Å². The van der Waals surface area contributed by atoms with Gasteiger partial charge < -0.3 is 30.9 Å². The fourth-order valence-electron chi connectivity index (χ4n) is 3.86. The lowest BCUT2D eigenvalue weighted by atomic mass is 10.1. The number of ether oxygens (including phenoxy) is 1. The van der Waals surface area contributed by atoms with Crippen LogP contribution in [0.5, 0.6) is 0 Å². The number of carboxylic acid groups (broad SMARTS) is 1. The molecule has 1 aliphatic heterocycles. The first-order valence-electron chi connectivity index (χ1n) is 11.8. The number of carbonyl (C=O) groups is 3. The number of aliphatic hydroxyl groups excluding tert-OH is 1. The minimum Gasteiger partial charge on any atom is -0.481 e. The molecule has 0 saturated carbocycles. The van der Waals surface area contributed by atoms with Crippen molar-refractivity contribution in [2.45, 2.75) is 52.2 Å². The van der Waals surface area contributed by atoms with Gasteiger partial charge in [0.1, 0.15) is 5.84 Å². The number of amidine groups is 1. The number of allylic oxidation sites excluding steroid dienone is 3. The van der Waals surface area contributed by atoms with Crippen LogP contribution < -0.4 is 16.0 Å². The molecule has 6 N–H and O–H groups in total. The number of anilines is 1. The first kappa shape index (κ1) is 28.5. The number of carbonyl (C=O) groups excluding carboxylic acids is 2. The summed E-state index contributed by atoms with van der Waals surface area (Å²) in [7, 11) is 0. The molecule has 194 valence electrons. The van der Waals surface area contributed by atoms with E-state index in [-0.39, 0.29) is 18.9 Å². The number of benzene rings is 1. The van der Waals surface area contributed by atoms with Crippen LogP contribution in [0.3, 0.4) is 0 Å². The van der Waals surface area contributed by atoms with Crippen LogP contribution in [0.15, 0.2) is 59.3 Å². The molecule has 2 atom stereocenters. The molecule has 10 nitrogen and oxygen atoms in total. The molecule has 1 saturated heterocycles. The molecule has 1 aromatic rings. The van der Waals surface area contributed by atoms with Gasteiger partial charge in [-0.3, -0.25) is 19.8 Å². The van der Waals surface area contributed by atoms with E-state index in [4.69, 9.17) is 21.0 Å². The number of aliphatic carboxylic acids is 1. The molecule has 0 unspecified atom stereocenters. The molecule has 0 spiro atoms. The van der Waals surface area contributed by atoms with Crippen LogP contribution in [0.2, 0.25) is 0 Å². The number of rotatable bonds is 7. The average Bonchev–Trinajstić information content (AvgIpc) is 3.14. The summed E-state index contributed by atoms with van der Waals surface area (Å²) in [5.74, 6) is -2.47. The lowest BCUT2D eigenvalue weighted by Gasteiger charge is -2.26. The number of nitrogens with two attached hydrogens (primary N) is 1. The van der Waals surface area contributed by atoms with Crippen LogP contribution in [0.25, 0.3) is 0 Å². The highest BCUT2D eigenvalue weighted by Crippen LogP contribution is 2.23. The molecule has 2 aliphatic rings. The highest BCUT2D eigenvalue weighted by molar-refractivity contribution is 6.01. The van der Waals surface area contributed by atoms with Crippen LogP contribution in [0, 0.1) is 5.41 Å². The van der Waals surface area contributed by atoms with Gasteiger partial charge in [-0.2, -0.15) is 0 Å². The Morgan fingerprint density at radius 1 is 1.31 bits per heavy atom. The summed E-state index contributed by atoms with van der Waals surface area (Å²) in [6.45, 7) is 6.22. The van der Waals surface area contributed by atoms with Gasteiger partial charge in [-0.05, 0) is 49.1 Å². The second-order valence-corrected chi connectivity index (χ2v) is 8.06. The SMILES string of the molecule is CC.CC1=CC(NC(=O)[C@H](O)[C@H]2OCCCN(c3cccc(CC(=O)O)c3)C2=O)=CCC=C1C(=N)N. The van der Waals surface area contributed by atoms with E-state index in [2.05, 4.69) is 5.32 Å². The van der Waals surface area contributed by atoms with E-state index in [1.54, 1.807) is 49.4 Å². The molecule has 0 aromatic heterocycles. The van der Waals surface area contributed by atoms with E-state index in [0.29, 0.717) is 47.5 Å². The van der Waals surface area contributed by atoms with Gasteiger partial charge in [0.25, 0.3) is 11.8 Å². The van der Waals surface area contributed by atoms with Crippen LogP contribution in [0.4, 0.5) is 5.69 Å². The summed E-state index contributed by atoms with van der Waals surface area (Å²) >= 11 is 0. The molecule has 1 heterocycles. The number of carboxylic acids is 1. The Morgan fingerprint density at radius 2 is 2.03 bits per heavy atom. The van der Waals surface area contributed by atoms with Gasteiger partial charge in [-0.25, -0.2) is 0 Å². The summed E-state index contributed by atoms with van der Waals surface area (Å²) in [5.41, 5.74) is 8.23. The number of nitrogens with one attached hydrogen (secondary N) is 2. The maximum atomic E-state index is 13.2. The molecule has 0 bridgehead atoms. The second-order valence-electron chi connectivity index (χ2n) is 8.06. The Balaban J connectivity index is 0.00000222. The van der Waals surface area contributed by atoms with E-state index in [0.717, 1.165) is 0 Å². The normalized spacial score (nSPS) is 18.8. The molecular weight excluding hydrogens is 464 g/mol. The van der Waals surface area contributed by atoms with Crippen molar-refractivity contribution in [3.05, 3.63) is 64.9 Å². The van der Waals surface area contributed by atoms with E-state index in [1.807, 2.05) is 13.8 Å². The van der Waals surface area contributed by atoms with Gasteiger partial charge >= 0.3 is 5.97 Å². The number of hydrogen-bond donors (Lipinski definition) is 5. The Morgan fingerprint density at radius 3 is 2.69 bits per heavy atom. The molecule has 3 rings (SSSR count). The number of aliphatic hydroxyl groups is 1. The molecule has 1 aliphatic carbocycles. The largest absolute Gasteiger partial charge is 0.481 e. The van der Waals surface area contributed by atoms with Crippen molar-refractivity contribution in [2.24, 2.45) is 5.73 Å². The summed E-state index contributed by atoms with van der Waals surface area (Å²) < 4.78 is 5.54. The van der Waals surface area contributed by atoms with Gasteiger partial charge in [0.15, 0.2) is 12.2 Å². The maximum absolute atomic E-state index is 13.2. The first-order valence-corrected chi connectivity index (χ1v) is 11.8. The summed E-state index contributed by atoms with van der Waals surface area (Å²) in [4.78, 5) is 38.4. The van der Waals surface area contributed by atoms with Gasteiger partial charge in [-0.15, -0.1) is 0 Å². The van der Waals surface area contributed by atoms with Gasteiger partial charge in [0, 0.05) is 30.1 Å². The van der Waals surface area contributed by atoms with Crippen molar-refractivity contribution in [1.82, 2.24) is 5.32 Å². The Bertz CT molecular complexity index is 1090. The molecular formula is C26H34N4O6. The molecule has 2 amide bonds. The highest BCUT2D eigenvalue weighted by Gasteiger charge is 2.38. The molecule has 36 heavy (non-hydrogen) atoms. The second kappa shape index (κ2) is 13.4. The third-order valence-electron chi connectivity index (χ3n) is 5.48.